The van der Waals surface area contributed by atoms with Gasteiger partial charge in [-0.05, 0) is 91.9 Å². The number of para-hydroxylation sites is 2. The second-order valence-electron chi connectivity index (χ2n) is 12.5. The minimum Gasteiger partial charge on any atom is -0.455 e. The van der Waals surface area contributed by atoms with Crippen molar-refractivity contribution in [2.75, 3.05) is 4.90 Å². The van der Waals surface area contributed by atoms with Gasteiger partial charge in [-0.2, -0.15) is 0 Å². The molecule has 0 saturated heterocycles. The van der Waals surface area contributed by atoms with Crippen LogP contribution in [0.5, 0.6) is 0 Å². The van der Waals surface area contributed by atoms with Gasteiger partial charge in [-0.15, -0.1) is 0 Å². The smallest absolute Gasteiger partial charge is 0.143 e. The Balaban J connectivity index is 1.36. The summed E-state index contributed by atoms with van der Waals surface area (Å²) in [7, 11) is 0. The van der Waals surface area contributed by atoms with Crippen LogP contribution in [-0.2, 0) is 5.41 Å². The van der Waals surface area contributed by atoms with Crippen molar-refractivity contribution in [1.82, 2.24) is 0 Å². The third-order valence-electron chi connectivity index (χ3n) is 9.75. The third-order valence-corrected chi connectivity index (χ3v) is 9.75. The topological polar surface area (TPSA) is 16.4 Å². The van der Waals surface area contributed by atoms with E-state index in [1.807, 2.05) is 0 Å². The van der Waals surface area contributed by atoms with E-state index in [1.165, 1.54) is 0 Å². The summed E-state index contributed by atoms with van der Waals surface area (Å²) in [5.41, 5.74) is -19.0. The lowest BCUT2D eigenvalue weighted by atomic mass is 9.70. The standard InChI is InChI=1S/C55H35NO/c1-2-14-36(15-3-1)37-28-32-39(33-29-37)56(40-34-30-38(31-35-40)41-20-12-22-47-45-19-7-11-27-52(45)57-54(41)47)51-26-13-21-46-44-18-6-10-25-50(44)55(53(46)51)48-23-8-4-16-42(48)43-17-5-9-24-49(43)55/h1-35H/i1D,2D,3D,4D,5D,6D,7D,8D,9D,10D,11D,12D,13D,14D,15D,16D,17D,18D,19D,20D,21D,22D,23D,24D,25D,26D,27D,28D,29D,30D,31D,32D,33D,34D,35D. The minimum absolute atomic E-state index is 0.292. The van der Waals surface area contributed by atoms with Crippen LogP contribution in [0.25, 0.3) is 66.4 Å². The first-order valence-corrected chi connectivity index (χ1v) is 16.8. The van der Waals surface area contributed by atoms with E-state index in [9.17, 15) is 24.7 Å². The van der Waals surface area contributed by atoms with Gasteiger partial charge in [-0.1, -0.05) is 175 Å². The van der Waals surface area contributed by atoms with Crippen molar-refractivity contribution in [2.24, 2.45) is 0 Å². The van der Waals surface area contributed by atoms with E-state index in [2.05, 4.69) is 0 Å². The summed E-state index contributed by atoms with van der Waals surface area (Å²) in [6, 6.07) is -38.9. The van der Waals surface area contributed by atoms with Crippen LogP contribution in [-0.4, -0.2) is 0 Å². The lowest BCUT2D eigenvalue weighted by molar-refractivity contribution is 0.670. The summed E-state index contributed by atoms with van der Waals surface area (Å²) in [6.45, 7) is 0. The maximum atomic E-state index is 10.2. The molecule has 0 unspecified atom stereocenters. The van der Waals surface area contributed by atoms with Crippen LogP contribution in [0.15, 0.2) is 216 Å². The van der Waals surface area contributed by atoms with Crippen LogP contribution >= 0.6 is 0 Å². The van der Waals surface area contributed by atoms with Gasteiger partial charge >= 0.3 is 0 Å². The van der Waals surface area contributed by atoms with Gasteiger partial charge in [-0.3, -0.25) is 0 Å². The zero-order chi connectivity index (χ0) is 68.0. The van der Waals surface area contributed by atoms with Gasteiger partial charge in [0, 0.05) is 33.3 Å². The van der Waals surface area contributed by atoms with Crippen LogP contribution < -0.4 is 4.90 Å². The van der Waals surface area contributed by atoms with Crippen molar-refractivity contribution < 1.29 is 52.4 Å². The van der Waals surface area contributed by atoms with Crippen LogP contribution in [0, 0.1) is 0 Å². The number of furan rings is 1. The highest BCUT2D eigenvalue weighted by Gasteiger charge is 2.53. The SMILES string of the molecule is [2H]c1c([2H])c([2H])c(-c2c([2H])c([2H])c(N(c3c([2H])c([2H])c(-c4c([2H])c([2H])c([2H])c5c4oc4c([2H])c([2H])c([2H])c([2H])c45)c([2H])c3[2H])c3c([2H])c([2H])c([2H])c4c3C3(c5c([2H])c([2H])c([2H])c([2H])c5-c5c([2H])c([2H])c([2H])c([2H])c53)c3c([2H])c([2H])c([2H])c([2H])c3-4)c([2H])c2[2H])c([2H])c1[2H]. The highest BCUT2D eigenvalue weighted by Crippen LogP contribution is 2.65. The maximum Gasteiger partial charge on any atom is 0.143 e. The van der Waals surface area contributed by atoms with Crippen molar-refractivity contribution in [3.63, 3.8) is 0 Å². The van der Waals surface area contributed by atoms with E-state index < -0.39 is 323 Å². The molecule has 12 rings (SSSR count). The highest BCUT2D eigenvalue weighted by molar-refractivity contribution is 6.09. The number of anilines is 3. The summed E-state index contributed by atoms with van der Waals surface area (Å²) < 4.78 is 331. The van der Waals surface area contributed by atoms with Gasteiger partial charge < -0.3 is 9.32 Å². The Hall–Kier alpha value is -7.42. The number of hydrogen-bond donors (Lipinski definition) is 0. The molecule has 2 aliphatic carbocycles. The summed E-state index contributed by atoms with van der Waals surface area (Å²) in [4.78, 5) is 0.292. The number of benzene rings is 9. The van der Waals surface area contributed by atoms with E-state index in [-0.39, 0.29) is 0 Å². The third kappa shape index (κ3) is 4.53. The first kappa shape index (κ1) is 12.8. The van der Waals surface area contributed by atoms with Gasteiger partial charge in [0.1, 0.15) is 11.2 Å². The maximum absolute atomic E-state index is 10.2. The number of nitrogens with zero attached hydrogens (tertiary/aromatic N) is 1. The average molecular weight is 761 g/mol. The van der Waals surface area contributed by atoms with Crippen LogP contribution in [0.4, 0.5) is 17.1 Å². The molecule has 0 N–H and O–H groups in total. The molecular weight excluding hydrogens is 691 g/mol. The number of rotatable bonds is 5. The van der Waals surface area contributed by atoms with Crippen molar-refractivity contribution in [2.45, 2.75) is 5.41 Å². The van der Waals surface area contributed by atoms with E-state index in [0.717, 1.165) is 0 Å². The van der Waals surface area contributed by atoms with Crippen LogP contribution in [0.2, 0.25) is 0 Å². The van der Waals surface area contributed by atoms with E-state index >= 15 is 0 Å². The van der Waals surface area contributed by atoms with Gasteiger partial charge in [0.15, 0.2) is 0 Å². The first-order valence-electron chi connectivity index (χ1n) is 34.3. The fourth-order valence-corrected chi connectivity index (χ4v) is 7.51. The van der Waals surface area contributed by atoms with E-state index in [4.69, 9.17) is 27.7 Å². The second-order valence-corrected chi connectivity index (χ2v) is 12.5. The lowest BCUT2D eigenvalue weighted by Crippen LogP contribution is -2.28. The molecule has 1 heterocycles. The molecule has 0 amide bonds. The quantitative estimate of drug-likeness (QED) is 0.174. The van der Waals surface area contributed by atoms with Gasteiger partial charge in [-0.25, -0.2) is 0 Å². The van der Waals surface area contributed by atoms with Crippen molar-refractivity contribution >= 4 is 39.0 Å². The average Bonchev–Trinajstić information content (AvgIpc) is 1.47. The Morgan fingerprint density at radius 2 is 0.842 bits per heavy atom. The molecule has 2 heteroatoms. The predicted octanol–water partition coefficient (Wildman–Crippen LogP) is 14.7. The first-order chi connectivity index (χ1) is 42.8. The van der Waals surface area contributed by atoms with E-state index in [1.54, 1.807) is 0 Å². The Bertz CT molecular complexity index is 5060. The fraction of sp³-hybridized carbons (Fsp3) is 0.0182. The molecular formula is C55H35NO. The second kappa shape index (κ2) is 12.3. The Labute approximate surface area is 380 Å². The van der Waals surface area contributed by atoms with Crippen molar-refractivity contribution in [3.8, 4) is 44.5 Å². The molecule has 0 bridgehead atoms. The highest BCUT2D eigenvalue weighted by atomic mass is 16.3. The van der Waals surface area contributed by atoms with Crippen molar-refractivity contribution in [3.05, 3.63) is 234 Å². The molecule has 9 aromatic carbocycles. The molecule has 57 heavy (non-hydrogen) atoms. The Morgan fingerprint density at radius 3 is 1.51 bits per heavy atom. The molecule has 2 aliphatic rings. The zero-order valence-electron chi connectivity index (χ0n) is 63.4. The monoisotopic (exact) mass is 760 g/mol. The lowest BCUT2D eigenvalue weighted by Gasteiger charge is -2.36. The van der Waals surface area contributed by atoms with Crippen molar-refractivity contribution in [1.29, 1.82) is 0 Å². The predicted molar refractivity (Wildman–Crippen MR) is 236 cm³/mol. The summed E-state index contributed by atoms with van der Waals surface area (Å²) >= 11 is 0. The number of hydrogen-bond acceptors (Lipinski definition) is 2. The zero-order valence-corrected chi connectivity index (χ0v) is 28.4. The molecule has 0 radical (unpaired) electrons. The fourth-order valence-electron chi connectivity index (χ4n) is 7.51. The van der Waals surface area contributed by atoms with Gasteiger partial charge in [0.25, 0.3) is 0 Å². The molecule has 0 saturated carbocycles. The van der Waals surface area contributed by atoms with Crippen LogP contribution in [0.1, 0.15) is 70.2 Å². The van der Waals surface area contributed by atoms with E-state index in [0.29, 0.717) is 4.90 Å². The number of fused-ring (bicyclic) bond motifs is 13. The summed E-state index contributed by atoms with van der Waals surface area (Å²) in [5, 5.41) is -1.06. The molecule has 1 aromatic heterocycles. The van der Waals surface area contributed by atoms with Gasteiger partial charge in [0.2, 0.25) is 0 Å². The van der Waals surface area contributed by atoms with Gasteiger partial charge in [0.05, 0.1) is 59.1 Å². The minimum atomic E-state index is -3.21. The molecule has 0 aliphatic heterocycles. The molecule has 1 spiro atoms. The summed E-state index contributed by atoms with van der Waals surface area (Å²) in [5.74, 6) is 0. The molecule has 266 valence electrons. The van der Waals surface area contributed by atoms with Crippen LogP contribution in [0.3, 0.4) is 0 Å². The largest absolute Gasteiger partial charge is 0.455 e. The normalized spacial score (nSPS) is 21.6. The summed E-state index contributed by atoms with van der Waals surface area (Å²) in [6.07, 6.45) is 0. The Morgan fingerprint density at radius 1 is 0.368 bits per heavy atom. The molecule has 0 fully saturated rings. The Kier molecular flexibility index (Phi) is 2.76. The molecule has 0 atom stereocenters. The molecule has 10 aromatic rings. The molecule has 2 nitrogen and oxygen atoms in total.